The number of carbonyl (C=O) groups is 1. The molecule has 1 unspecified atom stereocenters. The van der Waals surface area contributed by atoms with Gasteiger partial charge in [-0.15, -0.1) is 12.4 Å². The smallest absolute Gasteiger partial charge is 0.257 e. The molecule has 0 spiro atoms. The lowest BCUT2D eigenvalue weighted by atomic mass is 9.97. The van der Waals surface area contributed by atoms with Crippen molar-refractivity contribution in [3.05, 3.63) is 36.2 Å². The molecule has 0 radical (unpaired) electrons. The zero-order chi connectivity index (χ0) is 15.4. The molecule has 1 aromatic carbocycles. The number of piperidine rings is 1. The van der Waals surface area contributed by atoms with Gasteiger partial charge < -0.3 is 15.2 Å². The Bertz CT molecular complexity index is 626. The molecule has 1 amide bonds. The average molecular weight is 337 g/mol. The zero-order valence-corrected chi connectivity index (χ0v) is 13.8. The summed E-state index contributed by atoms with van der Waals surface area (Å²) < 4.78 is 5.28. The minimum atomic E-state index is -0.261. The van der Waals surface area contributed by atoms with Gasteiger partial charge in [-0.2, -0.15) is 4.98 Å². The Hall–Kier alpha value is -1.92. The highest BCUT2D eigenvalue weighted by Crippen LogP contribution is 2.19. The van der Waals surface area contributed by atoms with Crippen LogP contribution in [0.25, 0.3) is 11.5 Å². The molecule has 0 bridgehead atoms. The van der Waals surface area contributed by atoms with Crippen LogP contribution in [0.4, 0.5) is 0 Å². The molecule has 2 heterocycles. The van der Waals surface area contributed by atoms with Gasteiger partial charge >= 0.3 is 0 Å². The molecule has 7 heteroatoms. The topological polar surface area (TPSA) is 80.0 Å². The maximum absolute atomic E-state index is 12.2. The van der Waals surface area contributed by atoms with Gasteiger partial charge in [0, 0.05) is 11.5 Å². The largest absolute Gasteiger partial charge is 0.346 e. The Morgan fingerprint density at radius 3 is 2.70 bits per heavy atom. The zero-order valence-electron chi connectivity index (χ0n) is 13.0. The van der Waals surface area contributed by atoms with Crippen molar-refractivity contribution in [1.29, 1.82) is 0 Å². The maximum Gasteiger partial charge on any atom is 0.257 e. The summed E-state index contributed by atoms with van der Waals surface area (Å²) in [5.74, 6) is 1.11. The van der Waals surface area contributed by atoms with E-state index in [4.69, 9.17) is 4.52 Å². The van der Waals surface area contributed by atoms with Crippen LogP contribution >= 0.6 is 12.4 Å². The molecule has 1 fully saturated rings. The monoisotopic (exact) mass is 336 g/mol. The summed E-state index contributed by atoms with van der Waals surface area (Å²) in [5, 5.41) is 10.2. The number of rotatable bonds is 4. The van der Waals surface area contributed by atoms with Crippen molar-refractivity contribution in [2.75, 3.05) is 13.1 Å². The van der Waals surface area contributed by atoms with Crippen molar-refractivity contribution in [2.24, 2.45) is 5.92 Å². The maximum atomic E-state index is 12.2. The highest BCUT2D eigenvalue weighted by molar-refractivity contribution is 5.85. The van der Waals surface area contributed by atoms with E-state index in [0.29, 0.717) is 11.7 Å². The molecule has 1 saturated heterocycles. The van der Waals surface area contributed by atoms with Gasteiger partial charge in [0.25, 0.3) is 5.89 Å². The van der Waals surface area contributed by atoms with Gasteiger partial charge in [0.15, 0.2) is 5.82 Å². The van der Waals surface area contributed by atoms with E-state index in [9.17, 15) is 4.79 Å². The summed E-state index contributed by atoms with van der Waals surface area (Å²) in [6.45, 7) is 3.66. The summed E-state index contributed by atoms with van der Waals surface area (Å²) in [5.41, 5.74) is 0.873. The van der Waals surface area contributed by atoms with Crippen LogP contribution in [0.2, 0.25) is 0 Å². The third-order valence-electron chi connectivity index (χ3n) is 3.92. The number of nitrogens with one attached hydrogen (secondary N) is 2. The van der Waals surface area contributed by atoms with Gasteiger partial charge in [-0.1, -0.05) is 23.4 Å². The van der Waals surface area contributed by atoms with Gasteiger partial charge in [-0.05, 0) is 45.0 Å². The van der Waals surface area contributed by atoms with Gasteiger partial charge in [-0.3, -0.25) is 4.79 Å². The van der Waals surface area contributed by atoms with Crippen LogP contribution in [-0.4, -0.2) is 29.1 Å². The fourth-order valence-corrected chi connectivity index (χ4v) is 2.59. The van der Waals surface area contributed by atoms with Crippen molar-refractivity contribution in [1.82, 2.24) is 20.8 Å². The van der Waals surface area contributed by atoms with Crippen molar-refractivity contribution in [3.63, 3.8) is 0 Å². The molecule has 0 aliphatic carbocycles. The van der Waals surface area contributed by atoms with Crippen molar-refractivity contribution >= 4 is 18.3 Å². The summed E-state index contributed by atoms with van der Waals surface area (Å²) >= 11 is 0. The van der Waals surface area contributed by atoms with Crippen LogP contribution in [-0.2, 0) is 4.79 Å². The summed E-state index contributed by atoms with van der Waals surface area (Å²) in [6.07, 6.45) is 1.75. The van der Waals surface area contributed by atoms with E-state index in [1.165, 1.54) is 0 Å². The lowest BCUT2D eigenvalue weighted by Gasteiger charge is -2.23. The van der Waals surface area contributed by atoms with Crippen LogP contribution in [0.15, 0.2) is 34.9 Å². The number of hydrogen-bond acceptors (Lipinski definition) is 5. The van der Waals surface area contributed by atoms with E-state index in [1.54, 1.807) is 0 Å². The van der Waals surface area contributed by atoms with E-state index < -0.39 is 0 Å². The molecule has 1 atom stereocenters. The summed E-state index contributed by atoms with van der Waals surface area (Å²) in [7, 11) is 0. The van der Waals surface area contributed by atoms with Crippen LogP contribution in [0, 0.1) is 5.92 Å². The average Bonchev–Trinajstić information content (AvgIpc) is 3.06. The Morgan fingerprint density at radius 2 is 2.00 bits per heavy atom. The first-order valence-electron chi connectivity index (χ1n) is 7.64. The molecule has 2 N–H and O–H groups in total. The van der Waals surface area contributed by atoms with Crippen molar-refractivity contribution < 1.29 is 9.32 Å². The second-order valence-electron chi connectivity index (χ2n) is 5.58. The first-order chi connectivity index (χ1) is 10.7. The van der Waals surface area contributed by atoms with Gasteiger partial charge in [0.1, 0.15) is 0 Å². The first-order valence-corrected chi connectivity index (χ1v) is 7.64. The fraction of sp³-hybridized carbons (Fsp3) is 0.438. The molecule has 1 aliphatic heterocycles. The van der Waals surface area contributed by atoms with Crippen molar-refractivity contribution in [2.45, 2.75) is 25.8 Å². The number of aromatic nitrogens is 2. The predicted molar refractivity (Wildman–Crippen MR) is 89.1 cm³/mol. The highest BCUT2D eigenvalue weighted by atomic mass is 35.5. The van der Waals surface area contributed by atoms with E-state index >= 15 is 0 Å². The number of benzene rings is 1. The number of halogens is 1. The van der Waals surface area contributed by atoms with Crippen LogP contribution in [0.1, 0.15) is 31.6 Å². The van der Waals surface area contributed by atoms with Gasteiger partial charge in [0.2, 0.25) is 5.91 Å². The molecule has 6 nitrogen and oxygen atoms in total. The minimum absolute atomic E-state index is 0. The lowest BCUT2D eigenvalue weighted by molar-refractivity contribution is -0.126. The van der Waals surface area contributed by atoms with E-state index in [2.05, 4.69) is 20.8 Å². The highest BCUT2D eigenvalue weighted by Gasteiger charge is 2.24. The molecular weight excluding hydrogens is 316 g/mol. The van der Waals surface area contributed by atoms with E-state index in [0.717, 1.165) is 31.5 Å². The first kappa shape index (κ1) is 17.4. The summed E-state index contributed by atoms with van der Waals surface area (Å²) in [6, 6.07) is 9.33. The minimum Gasteiger partial charge on any atom is -0.346 e. The normalized spacial score (nSPS) is 16.4. The number of carbonyl (C=O) groups excluding carboxylic acids is 1. The molecule has 3 rings (SSSR count). The van der Waals surface area contributed by atoms with Crippen LogP contribution in [0.5, 0.6) is 0 Å². The molecule has 0 saturated carbocycles. The Kier molecular flexibility index (Phi) is 6.12. The van der Waals surface area contributed by atoms with Gasteiger partial charge in [-0.25, -0.2) is 0 Å². The Morgan fingerprint density at radius 1 is 1.30 bits per heavy atom. The van der Waals surface area contributed by atoms with Crippen LogP contribution < -0.4 is 10.6 Å². The van der Waals surface area contributed by atoms with E-state index in [-0.39, 0.29) is 30.3 Å². The summed E-state index contributed by atoms with van der Waals surface area (Å²) in [4.78, 5) is 16.6. The Balaban J connectivity index is 0.00000192. The third-order valence-corrected chi connectivity index (χ3v) is 3.92. The lowest BCUT2D eigenvalue weighted by Crippen LogP contribution is -2.39. The molecule has 1 aliphatic rings. The molecular formula is C16H21ClN4O2. The van der Waals surface area contributed by atoms with E-state index in [1.807, 2.05) is 37.3 Å². The SMILES string of the molecule is CC(NC(=O)C1CCNCC1)c1noc(-c2ccccc2)n1.Cl. The number of hydrogen-bond donors (Lipinski definition) is 2. The quantitative estimate of drug-likeness (QED) is 0.895. The van der Waals surface area contributed by atoms with Gasteiger partial charge in [0.05, 0.1) is 6.04 Å². The molecule has 1 aromatic heterocycles. The fourth-order valence-electron chi connectivity index (χ4n) is 2.59. The molecule has 23 heavy (non-hydrogen) atoms. The standard InChI is InChI=1S/C16H20N4O2.ClH/c1-11(18-15(21)12-7-9-17-10-8-12)14-19-16(22-20-14)13-5-3-2-4-6-13;/h2-6,11-12,17H,7-10H2,1H3,(H,18,21);1H. The Labute approximate surface area is 141 Å². The van der Waals surface area contributed by atoms with Crippen LogP contribution in [0.3, 0.4) is 0 Å². The van der Waals surface area contributed by atoms with Crippen molar-refractivity contribution in [3.8, 4) is 11.5 Å². The number of amides is 1. The third kappa shape index (κ3) is 4.30. The molecule has 124 valence electrons. The second kappa shape index (κ2) is 8.08. The molecule has 2 aromatic rings. The predicted octanol–water partition coefficient (Wildman–Crippen LogP) is 2.34. The number of nitrogens with zero attached hydrogens (tertiary/aromatic N) is 2. The second-order valence-corrected chi connectivity index (χ2v) is 5.58.